The van der Waals surface area contributed by atoms with Crippen molar-refractivity contribution in [3.8, 4) is 6.07 Å². The zero-order valence-corrected chi connectivity index (χ0v) is 10.8. The van der Waals surface area contributed by atoms with E-state index < -0.39 is 40.8 Å². The van der Waals surface area contributed by atoms with Crippen LogP contribution >= 0.6 is 11.8 Å². The van der Waals surface area contributed by atoms with Crippen molar-refractivity contribution in [3.05, 3.63) is 34.9 Å². The predicted molar refractivity (Wildman–Crippen MR) is 64.0 cm³/mol. The molecule has 0 spiro atoms. The van der Waals surface area contributed by atoms with Gasteiger partial charge in [-0.3, -0.25) is 4.79 Å². The highest BCUT2D eigenvalue weighted by Gasteiger charge is 2.31. The van der Waals surface area contributed by atoms with Gasteiger partial charge in [-0.15, -0.1) is 0 Å². The molecule has 1 aliphatic heterocycles. The third-order valence-electron chi connectivity index (χ3n) is 2.87. The lowest BCUT2D eigenvalue weighted by Gasteiger charge is -2.31. The number of carbonyl (C=O) groups excluding carboxylic acids is 1. The smallest absolute Gasteiger partial charge is 0.258 e. The zero-order chi connectivity index (χ0) is 14.9. The Morgan fingerprint density at radius 2 is 2.00 bits per heavy atom. The SMILES string of the molecule is N#C[C@H]1CSCCN1C(=O)c1cc(F)c(F)c(F)c1F. The Bertz CT molecular complexity index is 602. The van der Waals surface area contributed by atoms with Gasteiger partial charge in [0.1, 0.15) is 6.04 Å². The van der Waals surface area contributed by atoms with Crippen LogP contribution in [0, 0.1) is 34.6 Å². The molecule has 106 valence electrons. The first-order valence-corrected chi connectivity index (χ1v) is 6.74. The van der Waals surface area contributed by atoms with Gasteiger partial charge >= 0.3 is 0 Å². The molecular weight excluding hydrogens is 296 g/mol. The third-order valence-corrected chi connectivity index (χ3v) is 3.89. The van der Waals surface area contributed by atoms with Gasteiger partial charge in [-0.1, -0.05) is 0 Å². The predicted octanol–water partition coefficient (Wildman–Crippen LogP) is 2.32. The van der Waals surface area contributed by atoms with Crippen LogP contribution in [-0.4, -0.2) is 34.9 Å². The van der Waals surface area contributed by atoms with Crippen LogP contribution in [0.3, 0.4) is 0 Å². The third kappa shape index (κ3) is 2.45. The van der Waals surface area contributed by atoms with Crippen LogP contribution in [0.4, 0.5) is 17.6 Å². The topological polar surface area (TPSA) is 44.1 Å². The largest absolute Gasteiger partial charge is 0.321 e. The molecule has 1 saturated heterocycles. The van der Waals surface area contributed by atoms with Crippen LogP contribution < -0.4 is 0 Å². The minimum Gasteiger partial charge on any atom is -0.321 e. The highest BCUT2D eigenvalue weighted by molar-refractivity contribution is 7.99. The van der Waals surface area contributed by atoms with Gasteiger partial charge < -0.3 is 4.90 Å². The van der Waals surface area contributed by atoms with Crippen LogP contribution in [-0.2, 0) is 0 Å². The number of nitriles is 1. The van der Waals surface area contributed by atoms with Gasteiger partial charge in [0.2, 0.25) is 0 Å². The van der Waals surface area contributed by atoms with Gasteiger partial charge in [0.15, 0.2) is 23.3 Å². The number of nitrogens with zero attached hydrogens (tertiary/aromatic N) is 2. The van der Waals surface area contributed by atoms with Crippen LogP contribution in [0.15, 0.2) is 6.07 Å². The van der Waals surface area contributed by atoms with Gasteiger partial charge in [-0.2, -0.15) is 17.0 Å². The number of rotatable bonds is 1. The molecule has 1 fully saturated rings. The quantitative estimate of drug-likeness (QED) is 0.454. The summed E-state index contributed by atoms with van der Waals surface area (Å²) in [6, 6.07) is 1.37. The molecule has 1 heterocycles. The van der Waals surface area contributed by atoms with E-state index in [1.54, 1.807) is 0 Å². The molecule has 0 unspecified atom stereocenters. The van der Waals surface area contributed by atoms with Crippen molar-refractivity contribution >= 4 is 17.7 Å². The fourth-order valence-electron chi connectivity index (χ4n) is 1.84. The lowest BCUT2D eigenvalue weighted by molar-refractivity contribution is 0.0730. The van der Waals surface area contributed by atoms with E-state index in [1.165, 1.54) is 11.8 Å². The second-order valence-corrected chi connectivity index (χ2v) is 5.22. The summed E-state index contributed by atoms with van der Waals surface area (Å²) in [5, 5.41) is 8.92. The minimum absolute atomic E-state index is 0.155. The summed E-state index contributed by atoms with van der Waals surface area (Å²) in [6.45, 7) is 0.155. The maximum absolute atomic E-state index is 13.6. The lowest BCUT2D eigenvalue weighted by atomic mass is 10.1. The van der Waals surface area contributed by atoms with Crippen LogP contribution in [0.25, 0.3) is 0 Å². The molecule has 3 nitrogen and oxygen atoms in total. The summed E-state index contributed by atoms with van der Waals surface area (Å²) >= 11 is 1.44. The zero-order valence-electron chi connectivity index (χ0n) is 10.00. The summed E-state index contributed by atoms with van der Waals surface area (Å²) < 4.78 is 52.6. The minimum atomic E-state index is -2.03. The Balaban J connectivity index is 2.41. The van der Waals surface area contributed by atoms with Crippen molar-refractivity contribution in [3.63, 3.8) is 0 Å². The van der Waals surface area contributed by atoms with Gasteiger partial charge in [-0.25, -0.2) is 17.6 Å². The highest BCUT2D eigenvalue weighted by Crippen LogP contribution is 2.23. The van der Waals surface area contributed by atoms with Gasteiger partial charge in [0.05, 0.1) is 11.6 Å². The second kappa shape index (κ2) is 5.71. The summed E-state index contributed by atoms with van der Waals surface area (Å²) in [5.74, 6) is -7.56. The Hall–Kier alpha value is -1.75. The number of hydrogen-bond donors (Lipinski definition) is 0. The maximum atomic E-state index is 13.6. The summed E-state index contributed by atoms with van der Waals surface area (Å²) in [5.41, 5.74) is -0.909. The normalized spacial score (nSPS) is 18.8. The first-order chi connectivity index (χ1) is 9.47. The molecule has 0 N–H and O–H groups in total. The number of hydrogen-bond acceptors (Lipinski definition) is 3. The second-order valence-electron chi connectivity index (χ2n) is 4.07. The van der Waals surface area contributed by atoms with E-state index in [0.29, 0.717) is 17.6 Å². The summed E-state index contributed by atoms with van der Waals surface area (Å²) in [6.07, 6.45) is 0. The van der Waals surface area contributed by atoms with Crippen LogP contribution in [0.2, 0.25) is 0 Å². The Morgan fingerprint density at radius 1 is 1.30 bits per heavy atom. The molecule has 1 atom stereocenters. The van der Waals surface area contributed by atoms with Crippen molar-refractivity contribution in [2.45, 2.75) is 6.04 Å². The van der Waals surface area contributed by atoms with Crippen LogP contribution in [0.1, 0.15) is 10.4 Å². The van der Waals surface area contributed by atoms with E-state index in [2.05, 4.69) is 0 Å². The molecule has 1 amide bonds. The number of carbonyl (C=O) groups is 1. The highest BCUT2D eigenvalue weighted by atomic mass is 32.2. The maximum Gasteiger partial charge on any atom is 0.258 e. The van der Waals surface area contributed by atoms with Crippen molar-refractivity contribution in [2.24, 2.45) is 0 Å². The summed E-state index contributed by atoms with van der Waals surface area (Å²) in [4.78, 5) is 13.1. The standard InChI is InChI=1S/C12H8F4N2OS/c13-8-3-7(9(14)11(16)10(8)15)12(19)18-1-2-20-5-6(18)4-17/h3,6H,1-2,5H2/t6-/m0/s1. The van der Waals surface area contributed by atoms with E-state index in [9.17, 15) is 22.4 Å². The number of benzene rings is 1. The molecular formula is C12H8F4N2OS. The Kier molecular flexibility index (Phi) is 4.18. The van der Waals surface area contributed by atoms with E-state index in [0.717, 1.165) is 4.90 Å². The van der Waals surface area contributed by atoms with Gasteiger partial charge in [0, 0.05) is 18.1 Å². The first kappa shape index (κ1) is 14.7. The van der Waals surface area contributed by atoms with E-state index in [-0.39, 0.29) is 6.54 Å². The molecule has 0 aliphatic carbocycles. The molecule has 0 radical (unpaired) electrons. The first-order valence-electron chi connectivity index (χ1n) is 5.58. The molecule has 1 aliphatic rings. The van der Waals surface area contributed by atoms with Crippen molar-refractivity contribution < 1.29 is 22.4 Å². The van der Waals surface area contributed by atoms with E-state index in [1.807, 2.05) is 6.07 Å². The van der Waals surface area contributed by atoms with Crippen molar-refractivity contribution in [1.29, 1.82) is 5.26 Å². The lowest BCUT2D eigenvalue weighted by Crippen LogP contribution is -2.45. The monoisotopic (exact) mass is 304 g/mol. The Labute approximate surface area is 116 Å². The van der Waals surface area contributed by atoms with Gasteiger partial charge in [0.25, 0.3) is 5.91 Å². The summed E-state index contributed by atoms with van der Waals surface area (Å²) in [7, 11) is 0. The molecule has 8 heteroatoms. The molecule has 1 aromatic rings. The molecule has 20 heavy (non-hydrogen) atoms. The fraction of sp³-hybridized carbons (Fsp3) is 0.333. The number of thioether (sulfide) groups is 1. The Morgan fingerprint density at radius 3 is 2.65 bits per heavy atom. The van der Waals surface area contributed by atoms with Crippen LogP contribution in [0.5, 0.6) is 0 Å². The molecule has 2 rings (SSSR count). The average molecular weight is 304 g/mol. The number of halogens is 4. The van der Waals surface area contributed by atoms with E-state index >= 15 is 0 Å². The average Bonchev–Trinajstić information content (AvgIpc) is 2.48. The fourth-order valence-corrected chi connectivity index (χ4v) is 2.81. The van der Waals surface area contributed by atoms with E-state index in [4.69, 9.17) is 5.26 Å². The van der Waals surface area contributed by atoms with Crippen molar-refractivity contribution in [2.75, 3.05) is 18.1 Å². The molecule has 0 saturated carbocycles. The molecule has 0 bridgehead atoms. The van der Waals surface area contributed by atoms with Crippen molar-refractivity contribution in [1.82, 2.24) is 4.90 Å². The molecule has 1 aromatic carbocycles. The molecule has 0 aromatic heterocycles. The van der Waals surface area contributed by atoms with Gasteiger partial charge in [-0.05, 0) is 6.07 Å². The number of amides is 1.